The predicted octanol–water partition coefficient (Wildman–Crippen LogP) is 5.07. The van der Waals surface area contributed by atoms with E-state index in [1.165, 1.54) is 0 Å². The third kappa shape index (κ3) is 3.56. The van der Waals surface area contributed by atoms with E-state index in [0.29, 0.717) is 17.1 Å². The minimum atomic E-state index is 0.0103. The maximum Gasteiger partial charge on any atom is 0.254 e. The number of nitrogens with zero attached hydrogens (tertiary/aromatic N) is 2. The van der Waals surface area contributed by atoms with Crippen molar-refractivity contribution in [1.82, 2.24) is 9.88 Å². The summed E-state index contributed by atoms with van der Waals surface area (Å²) in [5, 5.41) is 1.01. The molecule has 4 rings (SSSR count). The van der Waals surface area contributed by atoms with Gasteiger partial charge in [-0.3, -0.25) is 4.79 Å². The number of amides is 1. The van der Waals surface area contributed by atoms with E-state index in [9.17, 15) is 4.79 Å². The van der Waals surface area contributed by atoms with Crippen LogP contribution in [0.3, 0.4) is 0 Å². The van der Waals surface area contributed by atoms with E-state index in [2.05, 4.69) is 6.07 Å². The van der Waals surface area contributed by atoms with Crippen molar-refractivity contribution < 1.29 is 14.3 Å². The minimum absolute atomic E-state index is 0.0103. The second-order valence-electron chi connectivity index (χ2n) is 7.21. The number of benzene rings is 2. The number of methoxy groups -OCH3 is 1. The number of ether oxygens (including phenoxy) is 2. The zero-order valence-electron chi connectivity index (χ0n) is 16.3. The van der Waals surface area contributed by atoms with Crippen LogP contribution in [0.2, 0.25) is 0 Å². The van der Waals surface area contributed by atoms with Crippen LogP contribution >= 0.6 is 11.3 Å². The number of hydrogen-bond donors (Lipinski definition) is 0. The zero-order valence-corrected chi connectivity index (χ0v) is 17.2. The monoisotopic (exact) mass is 396 g/mol. The van der Waals surface area contributed by atoms with E-state index in [0.717, 1.165) is 34.6 Å². The lowest BCUT2D eigenvalue weighted by Crippen LogP contribution is -2.30. The molecule has 28 heavy (non-hydrogen) atoms. The lowest BCUT2D eigenvalue weighted by Gasteiger charge is -2.23. The number of carbonyl (C=O) groups excluding carboxylic acids is 1. The summed E-state index contributed by atoms with van der Waals surface area (Å²) >= 11 is 1.68. The van der Waals surface area contributed by atoms with E-state index in [1.807, 2.05) is 49.1 Å². The Morgan fingerprint density at radius 1 is 1.21 bits per heavy atom. The quantitative estimate of drug-likeness (QED) is 0.604. The van der Waals surface area contributed by atoms with Crippen LogP contribution in [0.1, 0.15) is 48.1 Å². The Morgan fingerprint density at radius 3 is 2.79 bits per heavy atom. The molecule has 3 aromatic rings. The normalized spacial score (nSPS) is 16.7. The minimum Gasteiger partial charge on any atom is -0.493 e. The Kier molecular flexibility index (Phi) is 5.22. The standard InChI is InChI=1S/C22H24N2O3S/c1-14(2)27-18-11-10-15(13-19(18)26-3)22(25)24-12-6-8-17(24)21-23-16-7-4-5-9-20(16)28-21/h4-5,7,9-11,13-14,17H,6,8,12H2,1-3H3/t17-/m0/s1. The van der Waals surface area contributed by atoms with Crippen LogP contribution in [0.5, 0.6) is 11.5 Å². The number of thiazole rings is 1. The molecule has 5 nitrogen and oxygen atoms in total. The highest BCUT2D eigenvalue weighted by atomic mass is 32.1. The zero-order chi connectivity index (χ0) is 19.7. The van der Waals surface area contributed by atoms with Gasteiger partial charge in [-0.05, 0) is 57.0 Å². The van der Waals surface area contributed by atoms with Crippen molar-refractivity contribution in [3.05, 3.63) is 53.0 Å². The van der Waals surface area contributed by atoms with E-state index >= 15 is 0 Å². The summed E-state index contributed by atoms with van der Waals surface area (Å²) in [5.74, 6) is 1.24. The second kappa shape index (κ2) is 7.80. The molecule has 2 aromatic carbocycles. The third-order valence-corrected chi connectivity index (χ3v) is 6.02. The van der Waals surface area contributed by atoms with Crippen LogP contribution in [0.25, 0.3) is 10.2 Å². The fraction of sp³-hybridized carbons (Fsp3) is 0.364. The van der Waals surface area contributed by atoms with E-state index in [4.69, 9.17) is 14.5 Å². The number of fused-ring (bicyclic) bond motifs is 1. The topological polar surface area (TPSA) is 51.7 Å². The smallest absolute Gasteiger partial charge is 0.254 e. The summed E-state index contributed by atoms with van der Waals surface area (Å²) in [6, 6.07) is 13.6. The molecule has 0 saturated carbocycles. The number of likely N-dealkylation sites (tertiary alicyclic amines) is 1. The van der Waals surface area contributed by atoms with Gasteiger partial charge in [-0.25, -0.2) is 4.98 Å². The molecule has 0 aliphatic carbocycles. The summed E-state index contributed by atoms with van der Waals surface area (Å²) in [5.41, 5.74) is 1.61. The second-order valence-corrected chi connectivity index (χ2v) is 8.27. The molecule has 6 heteroatoms. The van der Waals surface area contributed by atoms with E-state index in [1.54, 1.807) is 24.5 Å². The van der Waals surface area contributed by atoms with Crippen molar-refractivity contribution in [2.45, 2.75) is 38.8 Å². The SMILES string of the molecule is COc1cc(C(=O)N2CCC[C@H]2c2nc3ccccc3s2)ccc1OC(C)C. The van der Waals surface area contributed by atoms with Crippen molar-refractivity contribution in [1.29, 1.82) is 0 Å². The van der Waals surface area contributed by atoms with Gasteiger partial charge in [0.15, 0.2) is 11.5 Å². The molecule has 1 atom stereocenters. The fourth-order valence-corrected chi connectivity index (χ4v) is 4.73. The average molecular weight is 397 g/mol. The Morgan fingerprint density at radius 2 is 2.04 bits per heavy atom. The molecule has 2 heterocycles. The van der Waals surface area contributed by atoms with Gasteiger partial charge in [0.05, 0.1) is 29.5 Å². The molecule has 0 unspecified atom stereocenters. The van der Waals surface area contributed by atoms with Gasteiger partial charge in [0, 0.05) is 12.1 Å². The van der Waals surface area contributed by atoms with E-state index < -0.39 is 0 Å². The summed E-state index contributed by atoms with van der Waals surface area (Å²) in [6.45, 7) is 4.67. The molecule has 1 aromatic heterocycles. The first-order valence-electron chi connectivity index (χ1n) is 9.58. The van der Waals surface area contributed by atoms with Gasteiger partial charge in [0.25, 0.3) is 5.91 Å². The Bertz CT molecular complexity index is 965. The van der Waals surface area contributed by atoms with Crippen LogP contribution < -0.4 is 9.47 Å². The molecule has 146 valence electrons. The fourth-order valence-electron chi connectivity index (χ4n) is 3.62. The molecule has 1 aliphatic heterocycles. The predicted molar refractivity (Wildman–Crippen MR) is 111 cm³/mol. The first-order valence-corrected chi connectivity index (χ1v) is 10.4. The number of rotatable bonds is 5. The number of carbonyl (C=O) groups is 1. The molecule has 1 amide bonds. The molecule has 1 fully saturated rings. The van der Waals surface area contributed by atoms with Gasteiger partial charge in [-0.15, -0.1) is 11.3 Å². The number of aromatic nitrogens is 1. The first-order chi connectivity index (χ1) is 13.6. The molecule has 0 radical (unpaired) electrons. The van der Waals surface area contributed by atoms with Crippen LogP contribution in [-0.2, 0) is 0 Å². The van der Waals surface area contributed by atoms with Crippen LogP contribution in [0.15, 0.2) is 42.5 Å². The summed E-state index contributed by atoms with van der Waals surface area (Å²) in [7, 11) is 1.59. The van der Waals surface area contributed by atoms with Crippen molar-refractivity contribution >= 4 is 27.5 Å². The molecule has 0 spiro atoms. The van der Waals surface area contributed by atoms with Gasteiger partial charge in [0.2, 0.25) is 0 Å². The maximum atomic E-state index is 13.3. The van der Waals surface area contributed by atoms with Crippen LogP contribution in [-0.4, -0.2) is 35.5 Å². The third-order valence-electron chi connectivity index (χ3n) is 4.88. The van der Waals surface area contributed by atoms with Crippen LogP contribution in [0.4, 0.5) is 0 Å². The van der Waals surface area contributed by atoms with Gasteiger partial charge < -0.3 is 14.4 Å². The van der Waals surface area contributed by atoms with E-state index in [-0.39, 0.29) is 18.1 Å². The van der Waals surface area contributed by atoms with Gasteiger partial charge in [-0.1, -0.05) is 12.1 Å². The maximum absolute atomic E-state index is 13.3. The van der Waals surface area contributed by atoms with Crippen molar-refractivity contribution in [2.24, 2.45) is 0 Å². The Labute approximate surface area is 168 Å². The molecular weight excluding hydrogens is 372 g/mol. The lowest BCUT2D eigenvalue weighted by atomic mass is 10.1. The highest BCUT2D eigenvalue weighted by Gasteiger charge is 2.33. The van der Waals surface area contributed by atoms with Gasteiger partial charge in [0.1, 0.15) is 5.01 Å². The lowest BCUT2D eigenvalue weighted by molar-refractivity contribution is 0.0735. The van der Waals surface area contributed by atoms with Gasteiger partial charge in [-0.2, -0.15) is 0 Å². The summed E-state index contributed by atoms with van der Waals surface area (Å²) in [6.07, 6.45) is 1.97. The molecule has 0 bridgehead atoms. The largest absolute Gasteiger partial charge is 0.493 e. The Hall–Kier alpha value is -2.60. The van der Waals surface area contributed by atoms with Gasteiger partial charge >= 0.3 is 0 Å². The summed E-state index contributed by atoms with van der Waals surface area (Å²) < 4.78 is 12.4. The first kappa shape index (κ1) is 18.7. The number of hydrogen-bond acceptors (Lipinski definition) is 5. The summed E-state index contributed by atoms with van der Waals surface area (Å²) in [4.78, 5) is 20.0. The highest BCUT2D eigenvalue weighted by Crippen LogP contribution is 2.38. The molecular formula is C22H24N2O3S. The molecule has 0 N–H and O–H groups in total. The molecule has 1 saturated heterocycles. The Balaban J connectivity index is 1.61. The van der Waals surface area contributed by atoms with Crippen LogP contribution in [0, 0.1) is 0 Å². The molecule has 1 aliphatic rings. The van der Waals surface area contributed by atoms with Crippen molar-refractivity contribution in [2.75, 3.05) is 13.7 Å². The van der Waals surface area contributed by atoms with Crippen molar-refractivity contribution in [3.8, 4) is 11.5 Å². The number of para-hydroxylation sites is 1. The van der Waals surface area contributed by atoms with Crippen molar-refractivity contribution in [3.63, 3.8) is 0 Å². The average Bonchev–Trinajstić information content (AvgIpc) is 3.33. The highest BCUT2D eigenvalue weighted by molar-refractivity contribution is 7.18.